The highest BCUT2D eigenvalue weighted by molar-refractivity contribution is 7.12. The van der Waals surface area contributed by atoms with Gasteiger partial charge in [0.05, 0.1) is 0 Å². The molecule has 1 unspecified atom stereocenters. The van der Waals surface area contributed by atoms with Crippen molar-refractivity contribution < 1.29 is 0 Å². The van der Waals surface area contributed by atoms with E-state index in [1.165, 1.54) is 24.1 Å². The highest BCUT2D eigenvalue weighted by Crippen LogP contribution is 2.31. The van der Waals surface area contributed by atoms with Gasteiger partial charge in [0, 0.05) is 9.75 Å². The predicted molar refractivity (Wildman–Crippen MR) is 53.6 cm³/mol. The van der Waals surface area contributed by atoms with Gasteiger partial charge in [-0.05, 0) is 50.3 Å². The van der Waals surface area contributed by atoms with Crippen molar-refractivity contribution in [2.75, 3.05) is 6.54 Å². The number of hydrogen-bond donors (Lipinski definition) is 1. The fourth-order valence-corrected chi connectivity index (χ4v) is 3.03. The van der Waals surface area contributed by atoms with E-state index in [9.17, 15) is 0 Å². The summed E-state index contributed by atoms with van der Waals surface area (Å²) in [6, 6.07) is 2.34. The van der Waals surface area contributed by atoms with E-state index in [0.29, 0.717) is 0 Å². The number of hydrogen-bond acceptors (Lipinski definition) is 2. The van der Waals surface area contributed by atoms with Crippen molar-refractivity contribution in [3.63, 3.8) is 0 Å². The first kappa shape index (κ1) is 8.27. The summed E-state index contributed by atoms with van der Waals surface area (Å²) >= 11 is 1.96. The summed E-state index contributed by atoms with van der Waals surface area (Å²) in [6.07, 6.45) is 3.77. The Kier molecular flexibility index (Phi) is 2.20. The monoisotopic (exact) mass is 181 g/mol. The molecule has 1 aromatic rings. The van der Waals surface area contributed by atoms with Gasteiger partial charge >= 0.3 is 0 Å². The Labute approximate surface area is 77.6 Å². The average molecular weight is 181 g/mol. The number of fused-ring (bicyclic) bond motifs is 1. The Morgan fingerprint density at radius 3 is 3.25 bits per heavy atom. The van der Waals surface area contributed by atoms with Crippen LogP contribution in [0.25, 0.3) is 0 Å². The topological polar surface area (TPSA) is 26.0 Å². The van der Waals surface area contributed by atoms with E-state index >= 15 is 0 Å². The zero-order chi connectivity index (χ0) is 8.55. The summed E-state index contributed by atoms with van der Waals surface area (Å²) in [6.45, 7) is 3.05. The lowest BCUT2D eigenvalue weighted by Crippen LogP contribution is -2.20. The van der Waals surface area contributed by atoms with E-state index in [-0.39, 0.29) is 0 Å². The molecule has 0 radical (unpaired) electrons. The highest BCUT2D eigenvalue weighted by atomic mass is 32.1. The molecule has 1 heterocycles. The summed E-state index contributed by atoms with van der Waals surface area (Å²) in [7, 11) is 0. The Bertz CT molecular complexity index is 277. The predicted octanol–water partition coefficient (Wildman–Crippen LogP) is 2.12. The molecule has 2 rings (SSSR count). The second-order valence-corrected chi connectivity index (χ2v) is 4.99. The average Bonchev–Trinajstić information content (AvgIpc) is 2.43. The normalized spacial score (nSPS) is 22.3. The van der Waals surface area contributed by atoms with Crippen LogP contribution in [0.1, 0.15) is 21.7 Å². The van der Waals surface area contributed by atoms with E-state index in [0.717, 1.165) is 12.5 Å². The lowest BCUT2D eigenvalue weighted by molar-refractivity contribution is 0.473. The molecule has 1 aromatic heterocycles. The van der Waals surface area contributed by atoms with Gasteiger partial charge in [-0.25, -0.2) is 0 Å². The molecule has 1 atom stereocenters. The molecule has 0 fully saturated rings. The number of rotatable bonds is 1. The van der Waals surface area contributed by atoms with Gasteiger partial charge < -0.3 is 5.73 Å². The third-order valence-electron chi connectivity index (χ3n) is 2.64. The highest BCUT2D eigenvalue weighted by Gasteiger charge is 2.18. The van der Waals surface area contributed by atoms with Crippen molar-refractivity contribution in [3.05, 3.63) is 21.4 Å². The number of thiophene rings is 1. The van der Waals surface area contributed by atoms with Crippen LogP contribution in [0, 0.1) is 12.8 Å². The smallest absolute Gasteiger partial charge is 0.00802 e. The Hall–Kier alpha value is -0.340. The summed E-state index contributed by atoms with van der Waals surface area (Å²) < 4.78 is 0. The molecule has 1 aliphatic carbocycles. The third-order valence-corrected chi connectivity index (χ3v) is 3.79. The zero-order valence-corrected chi connectivity index (χ0v) is 8.29. The molecule has 2 N–H and O–H groups in total. The molecule has 12 heavy (non-hydrogen) atoms. The van der Waals surface area contributed by atoms with Crippen LogP contribution in [0.4, 0.5) is 0 Å². The minimum atomic E-state index is 0.742. The molecule has 1 nitrogen and oxygen atoms in total. The lowest BCUT2D eigenvalue weighted by atomic mass is 9.89. The molecule has 0 aliphatic heterocycles. The first-order valence-electron chi connectivity index (χ1n) is 4.58. The van der Waals surface area contributed by atoms with E-state index in [4.69, 9.17) is 5.73 Å². The van der Waals surface area contributed by atoms with E-state index < -0.39 is 0 Å². The molecule has 0 amide bonds. The van der Waals surface area contributed by atoms with E-state index in [1.807, 2.05) is 11.3 Å². The first-order valence-corrected chi connectivity index (χ1v) is 5.39. The second-order valence-electron chi connectivity index (χ2n) is 3.65. The SMILES string of the molecule is Cc1cc2c(s1)CCC(CN)C2. The van der Waals surface area contributed by atoms with Gasteiger partial charge in [0.15, 0.2) is 0 Å². The van der Waals surface area contributed by atoms with Gasteiger partial charge in [0.25, 0.3) is 0 Å². The van der Waals surface area contributed by atoms with Gasteiger partial charge in [0.2, 0.25) is 0 Å². The third kappa shape index (κ3) is 1.41. The van der Waals surface area contributed by atoms with Crippen LogP contribution in [0.2, 0.25) is 0 Å². The number of aryl methyl sites for hydroxylation is 2. The standard InChI is InChI=1S/C10H15NS/c1-7-4-9-5-8(6-11)2-3-10(9)12-7/h4,8H,2-3,5-6,11H2,1H3. The van der Waals surface area contributed by atoms with Crippen molar-refractivity contribution in [2.45, 2.75) is 26.2 Å². The molecular weight excluding hydrogens is 166 g/mol. The minimum Gasteiger partial charge on any atom is -0.330 e. The van der Waals surface area contributed by atoms with Crippen LogP contribution in [0.15, 0.2) is 6.07 Å². The molecule has 1 aliphatic rings. The summed E-state index contributed by atoms with van der Waals surface area (Å²) in [5.41, 5.74) is 7.24. The Balaban J connectivity index is 2.22. The van der Waals surface area contributed by atoms with E-state index in [1.54, 1.807) is 10.4 Å². The van der Waals surface area contributed by atoms with Crippen molar-refractivity contribution in [2.24, 2.45) is 11.7 Å². The molecule has 0 bridgehead atoms. The summed E-state index contributed by atoms with van der Waals surface area (Å²) in [5.74, 6) is 0.742. The minimum absolute atomic E-state index is 0.742. The Morgan fingerprint density at radius 1 is 1.67 bits per heavy atom. The van der Waals surface area contributed by atoms with Gasteiger partial charge in [-0.1, -0.05) is 0 Å². The van der Waals surface area contributed by atoms with Crippen molar-refractivity contribution >= 4 is 11.3 Å². The zero-order valence-electron chi connectivity index (χ0n) is 7.47. The molecule has 0 aromatic carbocycles. The fourth-order valence-electron chi connectivity index (χ4n) is 1.95. The maximum atomic E-state index is 5.67. The summed E-state index contributed by atoms with van der Waals surface area (Å²) in [5, 5.41) is 0. The molecule has 0 saturated carbocycles. The van der Waals surface area contributed by atoms with Crippen LogP contribution in [-0.2, 0) is 12.8 Å². The van der Waals surface area contributed by atoms with Crippen LogP contribution in [0.3, 0.4) is 0 Å². The maximum Gasteiger partial charge on any atom is 0.00802 e. The van der Waals surface area contributed by atoms with Gasteiger partial charge in [-0.15, -0.1) is 11.3 Å². The van der Waals surface area contributed by atoms with Crippen LogP contribution < -0.4 is 5.73 Å². The van der Waals surface area contributed by atoms with Crippen molar-refractivity contribution in [1.82, 2.24) is 0 Å². The lowest BCUT2D eigenvalue weighted by Gasteiger charge is -2.19. The molecule has 66 valence electrons. The van der Waals surface area contributed by atoms with Gasteiger partial charge in [-0.2, -0.15) is 0 Å². The number of nitrogens with two attached hydrogens (primary N) is 1. The van der Waals surface area contributed by atoms with Crippen molar-refractivity contribution in [3.8, 4) is 0 Å². The maximum absolute atomic E-state index is 5.67. The Morgan fingerprint density at radius 2 is 2.50 bits per heavy atom. The quantitative estimate of drug-likeness (QED) is 0.705. The fraction of sp³-hybridized carbons (Fsp3) is 0.600. The molecule has 0 spiro atoms. The molecular formula is C10H15NS. The summed E-state index contributed by atoms with van der Waals surface area (Å²) in [4.78, 5) is 3.06. The first-order chi connectivity index (χ1) is 5.79. The molecule has 0 saturated heterocycles. The van der Waals surface area contributed by atoms with Crippen LogP contribution in [-0.4, -0.2) is 6.54 Å². The second kappa shape index (κ2) is 3.19. The largest absolute Gasteiger partial charge is 0.330 e. The van der Waals surface area contributed by atoms with Crippen LogP contribution >= 0.6 is 11.3 Å². The molecule has 2 heteroatoms. The van der Waals surface area contributed by atoms with Gasteiger partial charge in [-0.3, -0.25) is 0 Å². The van der Waals surface area contributed by atoms with Gasteiger partial charge in [0.1, 0.15) is 0 Å². The van der Waals surface area contributed by atoms with E-state index in [2.05, 4.69) is 13.0 Å². The van der Waals surface area contributed by atoms with Crippen LogP contribution in [0.5, 0.6) is 0 Å². The van der Waals surface area contributed by atoms with Crippen molar-refractivity contribution in [1.29, 1.82) is 0 Å².